The van der Waals surface area contributed by atoms with Crippen LogP contribution in [0.1, 0.15) is 50.2 Å². The number of fused-ring (bicyclic) bond motifs is 2. The first-order valence-corrected chi connectivity index (χ1v) is 12.3. The standard InChI is InChI=1S/C29H21Cl2NO6/c1-14-22(29(36)37-2)23(24-25(32-14)18-5-3-4-6-19(18)26(24)33)17-11-20(30)27(21(31)12-17)38-13-15-7-9-16(10-8-15)28(34)35/h3-12,23,32H,13H2,1-2H3,(H,34,35)/t23-/m1/s1. The summed E-state index contributed by atoms with van der Waals surface area (Å²) in [7, 11) is 1.29. The Kier molecular flexibility index (Phi) is 6.73. The minimum atomic E-state index is -1.02. The predicted molar refractivity (Wildman–Crippen MR) is 142 cm³/mol. The second-order valence-electron chi connectivity index (χ2n) is 8.86. The number of carbonyl (C=O) groups is 3. The summed E-state index contributed by atoms with van der Waals surface area (Å²) in [6, 6.07) is 16.8. The molecular formula is C29H21Cl2NO6. The fraction of sp³-hybridized carbons (Fsp3) is 0.138. The Labute approximate surface area is 228 Å². The van der Waals surface area contributed by atoms with Crippen molar-refractivity contribution < 1.29 is 29.0 Å². The average Bonchev–Trinajstić information content (AvgIpc) is 3.18. The number of rotatable bonds is 6. The van der Waals surface area contributed by atoms with E-state index in [1.807, 2.05) is 12.1 Å². The molecule has 192 valence electrons. The van der Waals surface area contributed by atoms with Gasteiger partial charge in [0, 0.05) is 28.3 Å². The van der Waals surface area contributed by atoms with Crippen molar-refractivity contribution in [1.29, 1.82) is 0 Å². The Morgan fingerprint density at radius 2 is 1.63 bits per heavy atom. The van der Waals surface area contributed by atoms with Gasteiger partial charge in [0.05, 0.1) is 34.0 Å². The predicted octanol–water partition coefficient (Wildman–Crippen LogP) is 6.01. The molecule has 7 nitrogen and oxygen atoms in total. The molecule has 0 amide bonds. The summed E-state index contributed by atoms with van der Waals surface area (Å²) in [4.78, 5) is 37.5. The minimum Gasteiger partial charge on any atom is -0.486 e. The molecule has 0 bridgehead atoms. The van der Waals surface area contributed by atoms with Gasteiger partial charge in [0.15, 0.2) is 11.5 Å². The zero-order valence-corrected chi connectivity index (χ0v) is 21.8. The van der Waals surface area contributed by atoms with Gasteiger partial charge in [-0.1, -0.05) is 59.6 Å². The number of carboxylic acids is 1. The van der Waals surface area contributed by atoms with Crippen LogP contribution in [0.25, 0.3) is 5.70 Å². The lowest BCUT2D eigenvalue weighted by Crippen LogP contribution is -2.29. The van der Waals surface area contributed by atoms with Crippen molar-refractivity contribution in [1.82, 2.24) is 5.32 Å². The lowest BCUT2D eigenvalue weighted by Gasteiger charge is -2.29. The number of halogens is 2. The third kappa shape index (κ3) is 4.34. The summed E-state index contributed by atoms with van der Waals surface area (Å²) in [5.41, 5.74) is 4.61. The summed E-state index contributed by atoms with van der Waals surface area (Å²) in [5.74, 6) is -2.34. The number of methoxy groups -OCH3 is 1. The Balaban J connectivity index is 1.53. The summed E-state index contributed by atoms with van der Waals surface area (Å²) in [6.07, 6.45) is 0. The van der Waals surface area contributed by atoms with Gasteiger partial charge in [0.25, 0.3) is 0 Å². The number of hydrogen-bond donors (Lipinski definition) is 2. The second-order valence-corrected chi connectivity index (χ2v) is 9.67. The zero-order chi connectivity index (χ0) is 27.1. The van der Waals surface area contributed by atoms with Crippen molar-refractivity contribution in [2.45, 2.75) is 19.4 Å². The highest BCUT2D eigenvalue weighted by atomic mass is 35.5. The van der Waals surface area contributed by atoms with Gasteiger partial charge >= 0.3 is 11.9 Å². The Bertz CT molecular complexity index is 1550. The molecule has 3 aromatic carbocycles. The van der Waals surface area contributed by atoms with Gasteiger partial charge in [-0.15, -0.1) is 0 Å². The van der Waals surface area contributed by atoms with Crippen molar-refractivity contribution in [3.63, 3.8) is 0 Å². The van der Waals surface area contributed by atoms with Crippen molar-refractivity contribution >= 4 is 46.6 Å². The zero-order valence-electron chi connectivity index (χ0n) is 20.3. The van der Waals surface area contributed by atoms with Crippen LogP contribution in [0.5, 0.6) is 5.75 Å². The van der Waals surface area contributed by atoms with Crippen LogP contribution in [0, 0.1) is 0 Å². The fourth-order valence-electron chi connectivity index (χ4n) is 4.83. The number of nitrogens with one attached hydrogen (secondary N) is 1. The van der Waals surface area contributed by atoms with Crippen LogP contribution in [0.3, 0.4) is 0 Å². The van der Waals surface area contributed by atoms with Crippen LogP contribution in [-0.4, -0.2) is 29.9 Å². The first-order chi connectivity index (χ1) is 18.2. The van der Waals surface area contributed by atoms with Gasteiger partial charge in [-0.05, 0) is 42.3 Å². The summed E-state index contributed by atoms with van der Waals surface area (Å²) >= 11 is 13.2. The SMILES string of the molecule is COC(=O)C1=C(C)NC2=C(C(=O)c3ccccc32)[C@@H]1c1cc(Cl)c(OCc2ccc(C(=O)O)cc2)c(Cl)c1. The molecule has 3 aromatic rings. The maximum atomic E-state index is 13.5. The normalized spacial score (nSPS) is 16.1. The van der Waals surface area contributed by atoms with Gasteiger partial charge < -0.3 is 19.9 Å². The van der Waals surface area contributed by atoms with E-state index < -0.39 is 17.9 Å². The Morgan fingerprint density at radius 3 is 2.24 bits per heavy atom. The van der Waals surface area contributed by atoms with Crippen molar-refractivity contribution in [3.8, 4) is 5.75 Å². The Morgan fingerprint density at radius 1 is 1.00 bits per heavy atom. The number of benzene rings is 3. The molecule has 0 radical (unpaired) electrons. The number of allylic oxidation sites excluding steroid dienone is 2. The molecular weight excluding hydrogens is 529 g/mol. The number of ketones is 1. The topological polar surface area (TPSA) is 102 Å². The fourth-order valence-corrected chi connectivity index (χ4v) is 5.44. The average molecular weight is 550 g/mol. The molecule has 0 spiro atoms. The molecule has 5 rings (SSSR count). The number of carboxylic acid groups (broad SMARTS) is 1. The van der Waals surface area contributed by atoms with Gasteiger partial charge in [0.2, 0.25) is 0 Å². The van der Waals surface area contributed by atoms with Crippen LogP contribution in [0.15, 0.2) is 77.5 Å². The first kappa shape index (κ1) is 25.6. The third-order valence-corrected chi connectivity index (χ3v) is 7.15. The molecule has 0 fully saturated rings. The summed E-state index contributed by atoms with van der Waals surface area (Å²) in [6.45, 7) is 1.85. The lowest BCUT2D eigenvalue weighted by molar-refractivity contribution is -0.136. The lowest BCUT2D eigenvalue weighted by atomic mass is 9.80. The number of ether oxygens (including phenoxy) is 2. The Hall–Kier alpha value is -4.07. The first-order valence-electron chi connectivity index (χ1n) is 11.6. The molecule has 9 heteroatoms. The molecule has 0 saturated carbocycles. The van der Waals surface area contributed by atoms with E-state index >= 15 is 0 Å². The van der Waals surface area contributed by atoms with E-state index in [0.717, 1.165) is 11.1 Å². The number of hydrogen-bond acceptors (Lipinski definition) is 6. The molecule has 0 unspecified atom stereocenters. The molecule has 0 aromatic heterocycles. The van der Waals surface area contributed by atoms with E-state index in [1.165, 1.54) is 19.2 Å². The van der Waals surface area contributed by atoms with Crippen molar-refractivity contribution in [3.05, 3.63) is 115 Å². The molecule has 0 saturated heterocycles. The third-order valence-electron chi connectivity index (χ3n) is 6.59. The van der Waals surface area contributed by atoms with Crippen LogP contribution in [0.2, 0.25) is 10.0 Å². The monoisotopic (exact) mass is 549 g/mol. The highest BCUT2D eigenvalue weighted by molar-refractivity contribution is 6.37. The maximum absolute atomic E-state index is 13.5. The molecule has 38 heavy (non-hydrogen) atoms. The van der Waals surface area contributed by atoms with Crippen LogP contribution in [0.4, 0.5) is 0 Å². The van der Waals surface area contributed by atoms with Crippen LogP contribution < -0.4 is 10.1 Å². The largest absolute Gasteiger partial charge is 0.486 e. The van der Waals surface area contributed by atoms with E-state index in [0.29, 0.717) is 28.1 Å². The second kappa shape index (κ2) is 10.0. The summed E-state index contributed by atoms with van der Waals surface area (Å²) in [5, 5.41) is 12.7. The van der Waals surface area contributed by atoms with Crippen LogP contribution >= 0.6 is 23.2 Å². The smallest absolute Gasteiger partial charge is 0.336 e. The number of carbonyl (C=O) groups excluding carboxylic acids is 2. The number of Topliss-reactive ketones (excluding diaryl/α,β-unsaturated/α-hetero) is 1. The molecule has 1 heterocycles. The van der Waals surface area contributed by atoms with E-state index in [4.69, 9.17) is 37.8 Å². The van der Waals surface area contributed by atoms with Crippen molar-refractivity contribution in [2.75, 3.05) is 7.11 Å². The highest BCUT2D eigenvalue weighted by Crippen LogP contribution is 2.48. The van der Waals surface area contributed by atoms with Gasteiger partial charge in [-0.25, -0.2) is 9.59 Å². The quantitative estimate of drug-likeness (QED) is 0.363. The van der Waals surface area contributed by atoms with E-state index in [9.17, 15) is 14.4 Å². The van der Waals surface area contributed by atoms with E-state index in [1.54, 1.807) is 43.3 Å². The minimum absolute atomic E-state index is 0.0988. The summed E-state index contributed by atoms with van der Waals surface area (Å²) < 4.78 is 10.9. The van der Waals surface area contributed by atoms with E-state index in [2.05, 4.69) is 5.32 Å². The molecule has 1 aliphatic heterocycles. The van der Waals surface area contributed by atoms with Gasteiger partial charge in [0.1, 0.15) is 6.61 Å². The molecule has 2 aliphatic rings. The number of esters is 1. The van der Waals surface area contributed by atoms with Gasteiger partial charge in [-0.3, -0.25) is 4.79 Å². The van der Waals surface area contributed by atoms with E-state index in [-0.39, 0.29) is 39.3 Å². The molecule has 1 aliphatic carbocycles. The molecule has 2 N–H and O–H groups in total. The maximum Gasteiger partial charge on any atom is 0.336 e. The van der Waals surface area contributed by atoms with Crippen LogP contribution in [-0.2, 0) is 16.1 Å². The highest BCUT2D eigenvalue weighted by Gasteiger charge is 2.43. The number of dihydropyridines is 1. The molecule has 1 atom stereocenters. The van der Waals surface area contributed by atoms with Crippen molar-refractivity contribution in [2.24, 2.45) is 0 Å². The van der Waals surface area contributed by atoms with Gasteiger partial charge in [-0.2, -0.15) is 0 Å². The number of aromatic carboxylic acids is 1.